The van der Waals surface area contributed by atoms with Gasteiger partial charge in [0.05, 0.1) is 11.2 Å². The number of carbonyl (C=O) groups is 1. The zero-order chi connectivity index (χ0) is 13.8. The maximum Gasteiger partial charge on any atom is 0.252 e. The van der Waals surface area contributed by atoms with Gasteiger partial charge in [0, 0.05) is 16.7 Å². The molecule has 2 N–H and O–H groups in total. The topological polar surface area (TPSA) is 52.6 Å². The van der Waals surface area contributed by atoms with E-state index in [9.17, 15) is 9.90 Å². The average Bonchev–Trinajstić information content (AvgIpc) is 2.25. The van der Waals surface area contributed by atoms with E-state index in [1.54, 1.807) is 13.0 Å². The number of hydrogen-bond acceptors (Lipinski definition) is 3. The maximum absolute atomic E-state index is 12.0. The van der Waals surface area contributed by atoms with Gasteiger partial charge in [-0.2, -0.15) is 0 Å². The summed E-state index contributed by atoms with van der Waals surface area (Å²) >= 11 is 2.12. The van der Waals surface area contributed by atoms with Crippen molar-refractivity contribution in [2.24, 2.45) is 0 Å². The summed E-state index contributed by atoms with van der Waals surface area (Å²) in [6, 6.07) is 7.38. The Balaban J connectivity index is 2.59. The van der Waals surface area contributed by atoms with Crippen LogP contribution in [0.3, 0.4) is 0 Å². The number of likely N-dealkylation sites (N-methyl/N-ethyl adjacent to an activating group) is 1. The number of benzene rings is 1. The van der Waals surface area contributed by atoms with Crippen molar-refractivity contribution in [1.29, 1.82) is 0 Å². The molecular weight excluding hydrogens is 343 g/mol. The molecule has 0 bridgehead atoms. The Bertz CT molecular complexity index is 419. The Morgan fingerprint density at radius 2 is 2.06 bits per heavy atom. The second-order valence-corrected chi connectivity index (χ2v) is 6.06. The third kappa shape index (κ3) is 4.91. The van der Waals surface area contributed by atoms with E-state index in [0.717, 1.165) is 3.57 Å². The Kier molecular flexibility index (Phi) is 5.55. The van der Waals surface area contributed by atoms with Gasteiger partial charge in [-0.05, 0) is 55.7 Å². The van der Waals surface area contributed by atoms with Gasteiger partial charge in [-0.15, -0.1) is 0 Å². The zero-order valence-corrected chi connectivity index (χ0v) is 13.1. The van der Waals surface area contributed by atoms with Gasteiger partial charge in [0.15, 0.2) is 0 Å². The molecule has 0 spiro atoms. The lowest BCUT2D eigenvalue weighted by atomic mass is 10.1. The molecule has 0 fully saturated rings. The fourth-order valence-electron chi connectivity index (χ4n) is 1.75. The van der Waals surface area contributed by atoms with Crippen LogP contribution in [0.2, 0.25) is 0 Å². The number of aliphatic hydroxyl groups is 1. The molecule has 0 aliphatic rings. The Labute approximate surface area is 122 Å². The number of halogens is 1. The molecule has 1 unspecified atom stereocenters. The van der Waals surface area contributed by atoms with E-state index in [4.69, 9.17) is 0 Å². The fraction of sp³-hybridized carbons (Fsp3) is 0.462. The number of nitrogens with one attached hydrogen (secondary N) is 1. The summed E-state index contributed by atoms with van der Waals surface area (Å²) < 4.78 is 0.903. The van der Waals surface area contributed by atoms with Crippen molar-refractivity contribution in [1.82, 2.24) is 10.2 Å². The maximum atomic E-state index is 12.0. The Morgan fingerprint density at radius 3 is 2.61 bits per heavy atom. The largest absolute Gasteiger partial charge is 0.387 e. The van der Waals surface area contributed by atoms with Gasteiger partial charge in [0.25, 0.3) is 5.91 Å². The van der Waals surface area contributed by atoms with Gasteiger partial charge in [0.1, 0.15) is 0 Å². The molecule has 0 saturated carbocycles. The van der Waals surface area contributed by atoms with Crippen LogP contribution in [0, 0.1) is 3.57 Å². The highest BCUT2D eigenvalue weighted by Gasteiger charge is 2.22. The van der Waals surface area contributed by atoms with E-state index in [-0.39, 0.29) is 12.5 Å². The van der Waals surface area contributed by atoms with Crippen molar-refractivity contribution in [3.05, 3.63) is 33.4 Å². The van der Waals surface area contributed by atoms with Crippen LogP contribution in [0.4, 0.5) is 0 Å². The van der Waals surface area contributed by atoms with Gasteiger partial charge < -0.3 is 15.3 Å². The summed E-state index contributed by atoms with van der Waals surface area (Å²) in [7, 11) is 3.77. The molecule has 0 aliphatic carbocycles. The third-order valence-corrected chi connectivity index (χ3v) is 3.35. The van der Waals surface area contributed by atoms with Crippen LogP contribution < -0.4 is 5.32 Å². The van der Waals surface area contributed by atoms with Crippen LogP contribution in [-0.2, 0) is 0 Å². The highest BCUT2D eigenvalue weighted by molar-refractivity contribution is 14.1. The van der Waals surface area contributed by atoms with Crippen molar-refractivity contribution in [3.63, 3.8) is 0 Å². The number of hydrogen-bond donors (Lipinski definition) is 2. The summed E-state index contributed by atoms with van der Waals surface area (Å²) in [6.45, 7) is 2.44. The molecule has 0 saturated heterocycles. The molecule has 100 valence electrons. The minimum Gasteiger partial charge on any atom is -0.387 e. The van der Waals surface area contributed by atoms with Gasteiger partial charge in [-0.1, -0.05) is 12.1 Å². The van der Waals surface area contributed by atoms with E-state index in [1.807, 2.05) is 37.2 Å². The van der Waals surface area contributed by atoms with Gasteiger partial charge in [0.2, 0.25) is 0 Å². The molecule has 5 heteroatoms. The average molecular weight is 362 g/mol. The molecule has 1 atom stereocenters. The summed E-state index contributed by atoms with van der Waals surface area (Å²) in [4.78, 5) is 13.8. The molecule has 1 aromatic carbocycles. The normalized spacial score (nSPS) is 14.3. The zero-order valence-electron chi connectivity index (χ0n) is 10.9. The van der Waals surface area contributed by atoms with Crippen LogP contribution in [0.25, 0.3) is 0 Å². The smallest absolute Gasteiger partial charge is 0.252 e. The quantitative estimate of drug-likeness (QED) is 0.778. The van der Waals surface area contributed by atoms with E-state index >= 15 is 0 Å². The van der Waals surface area contributed by atoms with Crippen molar-refractivity contribution in [2.45, 2.75) is 12.5 Å². The van der Waals surface area contributed by atoms with E-state index in [2.05, 4.69) is 27.9 Å². The first-order valence-corrected chi connectivity index (χ1v) is 6.79. The molecule has 1 rings (SSSR count). The SMILES string of the molecule is CN(C)CC(C)(O)CNC(=O)c1ccccc1I. The van der Waals surface area contributed by atoms with E-state index in [0.29, 0.717) is 12.1 Å². The summed E-state index contributed by atoms with van der Waals surface area (Å²) in [5, 5.41) is 12.9. The first-order chi connectivity index (χ1) is 8.32. The molecule has 0 aliphatic heterocycles. The lowest BCUT2D eigenvalue weighted by Gasteiger charge is -2.27. The number of rotatable bonds is 5. The number of amides is 1. The van der Waals surface area contributed by atoms with Gasteiger partial charge in [-0.25, -0.2) is 0 Å². The van der Waals surface area contributed by atoms with Crippen LogP contribution in [0.5, 0.6) is 0 Å². The highest BCUT2D eigenvalue weighted by Crippen LogP contribution is 2.11. The molecule has 0 radical (unpaired) electrons. The lowest BCUT2D eigenvalue weighted by molar-refractivity contribution is 0.0326. The summed E-state index contributed by atoms with van der Waals surface area (Å²) in [5.41, 5.74) is -0.293. The van der Waals surface area contributed by atoms with Crippen molar-refractivity contribution >= 4 is 28.5 Å². The van der Waals surface area contributed by atoms with E-state index < -0.39 is 5.60 Å². The van der Waals surface area contributed by atoms with Crippen molar-refractivity contribution in [2.75, 3.05) is 27.2 Å². The van der Waals surface area contributed by atoms with Crippen LogP contribution in [0.1, 0.15) is 17.3 Å². The first kappa shape index (κ1) is 15.4. The molecule has 0 aromatic heterocycles. The molecule has 4 nitrogen and oxygen atoms in total. The number of carbonyl (C=O) groups excluding carboxylic acids is 1. The predicted octanol–water partition coefficient (Wildman–Crippen LogP) is 1.33. The molecule has 1 amide bonds. The monoisotopic (exact) mass is 362 g/mol. The van der Waals surface area contributed by atoms with Crippen LogP contribution in [-0.4, -0.2) is 48.7 Å². The molecule has 18 heavy (non-hydrogen) atoms. The van der Waals surface area contributed by atoms with Crippen molar-refractivity contribution < 1.29 is 9.90 Å². The summed E-state index contributed by atoms with van der Waals surface area (Å²) in [6.07, 6.45) is 0. The minimum absolute atomic E-state index is 0.154. The third-order valence-electron chi connectivity index (χ3n) is 2.41. The van der Waals surface area contributed by atoms with E-state index in [1.165, 1.54) is 0 Å². The lowest BCUT2D eigenvalue weighted by Crippen LogP contribution is -2.47. The molecule has 0 heterocycles. The predicted molar refractivity (Wildman–Crippen MR) is 80.7 cm³/mol. The second-order valence-electron chi connectivity index (χ2n) is 4.90. The minimum atomic E-state index is -0.931. The van der Waals surface area contributed by atoms with Gasteiger partial charge in [-0.3, -0.25) is 4.79 Å². The first-order valence-electron chi connectivity index (χ1n) is 5.72. The fourth-order valence-corrected chi connectivity index (χ4v) is 2.38. The highest BCUT2D eigenvalue weighted by atomic mass is 127. The second kappa shape index (κ2) is 6.49. The van der Waals surface area contributed by atoms with Gasteiger partial charge >= 0.3 is 0 Å². The van der Waals surface area contributed by atoms with Crippen molar-refractivity contribution in [3.8, 4) is 0 Å². The Morgan fingerprint density at radius 1 is 1.44 bits per heavy atom. The molecule has 1 aromatic rings. The van der Waals surface area contributed by atoms with Crippen LogP contribution >= 0.6 is 22.6 Å². The Hall–Kier alpha value is -0.660. The standard InChI is InChI=1S/C13H19IN2O2/c1-13(18,9-16(2)3)8-15-12(17)10-6-4-5-7-11(10)14/h4-7,18H,8-9H2,1-3H3,(H,15,17). The molecular formula is C13H19IN2O2. The summed E-state index contributed by atoms with van der Waals surface area (Å²) in [5.74, 6) is -0.154. The number of nitrogens with zero attached hydrogens (tertiary/aromatic N) is 1. The van der Waals surface area contributed by atoms with Crippen LogP contribution in [0.15, 0.2) is 24.3 Å².